The molecule has 1 unspecified atom stereocenters. The van der Waals surface area contributed by atoms with E-state index in [0.717, 1.165) is 25.2 Å². The molecule has 1 heterocycles. The molecule has 1 aliphatic heterocycles. The van der Waals surface area contributed by atoms with Gasteiger partial charge >= 0.3 is 6.61 Å². The Bertz CT molecular complexity index is 409. The lowest BCUT2D eigenvalue weighted by atomic mass is 9.97. The summed E-state index contributed by atoms with van der Waals surface area (Å²) in [6.07, 6.45) is 2.38. The van der Waals surface area contributed by atoms with Crippen molar-refractivity contribution in [3.8, 4) is 5.75 Å². The third-order valence-electron chi connectivity index (χ3n) is 3.75. The van der Waals surface area contributed by atoms with Crippen LogP contribution in [0.3, 0.4) is 0 Å². The number of hydrogen-bond donors (Lipinski definition) is 2. The fourth-order valence-electron chi connectivity index (χ4n) is 2.51. The number of ether oxygens (including phenoxy) is 1. The standard InChI is InChI=1S/C15H22F2N2O/c1-11(19-10-12-5-7-18-8-6-12)13-3-2-4-14(9-13)20-15(16)17/h2-4,9,11-12,15,18-19H,5-8,10H2,1H3. The zero-order valence-electron chi connectivity index (χ0n) is 11.7. The van der Waals surface area contributed by atoms with Crippen LogP contribution in [0.4, 0.5) is 8.78 Å². The van der Waals surface area contributed by atoms with Gasteiger partial charge in [0.05, 0.1) is 0 Å². The Labute approximate surface area is 118 Å². The van der Waals surface area contributed by atoms with E-state index in [0.29, 0.717) is 5.92 Å². The normalized spacial score (nSPS) is 18.2. The Morgan fingerprint density at radius 1 is 1.35 bits per heavy atom. The topological polar surface area (TPSA) is 33.3 Å². The minimum atomic E-state index is -2.77. The first kappa shape index (κ1) is 15.2. The van der Waals surface area contributed by atoms with Crippen LogP contribution in [-0.4, -0.2) is 26.2 Å². The van der Waals surface area contributed by atoms with Gasteiger partial charge in [-0.1, -0.05) is 12.1 Å². The van der Waals surface area contributed by atoms with Crippen LogP contribution in [0.2, 0.25) is 0 Å². The van der Waals surface area contributed by atoms with Crippen molar-refractivity contribution in [1.29, 1.82) is 0 Å². The van der Waals surface area contributed by atoms with E-state index >= 15 is 0 Å². The van der Waals surface area contributed by atoms with Gasteiger partial charge < -0.3 is 15.4 Å². The van der Waals surface area contributed by atoms with Crippen molar-refractivity contribution in [2.75, 3.05) is 19.6 Å². The molecule has 0 aromatic heterocycles. The Balaban J connectivity index is 1.86. The number of piperidine rings is 1. The summed E-state index contributed by atoms with van der Waals surface area (Å²) >= 11 is 0. The van der Waals surface area contributed by atoms with Gasteiger partial charge in [0.15, 0.2) is 0 Å². The number of alkyl halides is 2. The fraction of sp³-hybridized carbons (Fsp3) is 0.600. The van der Waals surface area contributed by atoms with Crippen molar-refractivity contribution in [1.82, 2.24) is 10.6 Å². The van der Waals surface area contributed by atoms with Crippen LogP contribution in [0, 0.1) is 5.92 Å². The minimum Gasteiger partial charge on any atom is -0.435 e. The Morgan fingerprint density at radius 3 is 2.80 bits per heavy atom. The highest BCUT2D eigenvalue weighted by molar-refractivity contribution is 5.30. The van der Waals surface area contributed by atoms with E-state index in [2.05, 4.69) is 15.4 Å². The molecule has 5 heteroatoms. The van der Waals surface area contributed by atoms with Crippen LogP contribution in [0.1, 0.15) is 31.4 Å². The van der Waals surface area contributed by atoms with E-state index in [-0.39, 0.29) is 11.8 Å². The van der Waals surface area contributed by atoms with Crippen LogP contribution in [0.5, 0.6) is 5.75 Å². The average Bonchev–Trinajstić information content (AvgIpc) is 2.45. The first-order valence-electron chi connectivity index (χ1n) is 7.14. The van der Waals surface area contributed by atoms with Crippen molar-refractivity contribution in [2.24, 2.45) is 5.92 Å². The summed E-state index contributed by atoms with van der Waals surface area (Å²) in [4.78, 5) is 0. The molecule has 1 aromatic rings. The fourth-order valence-corrected chi connectivity index (χ4v) is 2.51. The minimum absolute atomic E-state index is 0.131. The Hall–Kier alpha value is -1.20. The maximum atomic E-state index is 12.2. The van der Waals surface area contributed by atoms with E-state index in [1.54, 1.807) is 18.2 Å². The second kappa shape index (κ2) is 7.55. The largest absolute Gasteiger partial charge is 0.435 e. The van der Waals surface area contributed by atoms with Crippen LogP contribution in [-0.2, 0) is 0 Å². The Morgan fingerprint density at radius 2 is 2.10 bits per heavy atom. The lowest BCUT2D eigenvalue weighted by Crippen LogP contribution is -2.34. The summed E-state index contributed by atoms with van der Waals surface area (Å²) in [5.74, 6) is 0.909. The number of halogens is 2. The van der Waals surface area contributed by atoms with E-state index in [1.807, 2.05) is 13.0 Å². The molecule has 20 heavy (non-hydrogen) atoms. The third-order valence-corrected chi connectivity index (χ3v) is 3.75. The molecule has 3 nitrogen and oxygen atoms in total. The molecule has 0 aliphatic carbocycles. The van der Waals surface area contributed by atoms with Gasteiger partial charge in [-0.25, -0.2) is 0 Å². The van der Waals surface area contributed by atoms with Crippen molar-refractivity contribution in [3.63, 3.8) is 0 Å². The van der Waals surface area contributed by atoms with Crippen molar-refractivity contribution in [3.05, 3.63) is 29.8 Å². The predicted octanol–water partition coefficient (Wildman–Crippen LogP) is 2.94. The zero-order chi connectivity index (χ0) is 14.4. The maximum Gasteiger partial charge on any atom is 0.387 e. The van der Waals surface area contributed by atoms with E-state index in [1.165, 1.54) is 12.8 Å². The molecule has 112 valence electrons. The molecule has 2 rings (SSSR count). The molecule has 0 radical (unpaired) electrons. The van der Waals surface area contributed by atoms with Gasteiger partial charge in [0.2, 0.25) is 0 Å². The summed E-state index contributed by atoms with van der Waals surface area (Å²) in [6.45, 7) is 2.39. The maximum absolute atomic E-state index is 12.2. The highest BCUT2D eigenvalue weighted by Gasteiger charge is 2.14. The van der Waals surface area contributed by atoms with Crippen LogP contribution >= 0.6 is 0 Å². The smallest absolute Gasteiger partial charge is 0.387 e. The summed E-state index contributed by atoms with van der Waals surface area (Å²) in [6, 6.07) is 7.03. The molecular weight excluding hydrogens is 262 g/mol. The van der Waals surface area contributed by atoms with Gasteiger partial charge in [-0.05, 0) is 63.0 Å². The lowest BCUT2D eigenvalue weighted by Gasteiger charge is -2.25. The molecule has 1 aromatic carbocycles. The second-order valence-corrected chi connectivity index (χ2v) is 5.27. The molecule has 0 spiro atoms. The molecule has 0 amide bonds. The molecule has 0 saturated carbocycles. The quantitative estimate of drug-likeness (QED) is 0.842. The first-order valence-corrected chi connectivity index (χ1v) is 7.14. The number of rotatable bonds is 6. The molecule has 1 atom stereocenters. The summed E-state index contributed by atoms with van der Waals surface area (Å²) in [5.41, 5.74) is 0.970. The van der Waals surface area contributed by atoms with E-state index in [4.69, 9.17) is 0 Å². The van der Waals surface area contributed by atoms with Gasteiger partial charge in [0.25, 0.3) is 0 Å². The second-order valence-electron chi connectivity index (χ2n) is 5.27. The highest BCUT2D eigenvalue weighted by Crippen LogP contribution is 2.21. The molecule has 0 bridgehead atoms. The SMILES string of the molecule is CC(NCC1CCNCC1)c1cccc(OC(F)F)c1. The highest BCUT2D eigenvalue weighted by atomic mass is 19.3. The van der Waals surface area contributed by atoms with Crippen molar-refractivity contribution in [2.45, 2.75) is 32.4 Å². The average molecular weight is 284 g/mol. The molecule has 1 aliphatic rings. The number of hydrogen-bond acceptors (Lipinski definition) is 3. The summed E-state index contributed by atoms with van der Waals surface area (Å²) < 4.78 is 28.8. The van der Waals surface area contributed by atoms with E-state index in [9.17, 15) is 8.78 Å². The van der Waals surface area contributed by atoms with Gasteiger partial charge in [0, 0.05) is 6.04 Å². The van der Waals surface area contributed by atoms with E-state index < -0.39 is 6.61 Å². The summed E-state index contributed by atoms with van der Waals surface area (Å²) in [7, 11) is 0. The van der Waals surface area contributed by atoms with Crippen LogP contribution in [0.15, 0.2) is 24.3 Å². The van der Waals surface area contributed by atoms with Crippen molar-refractivity contribution < 1.29 is 13.5 Å². The number of benzene rings is 1. The van der Waals surface area contributed by atoms with Crippen LogP contribution in [0.25, 0.3) is 0 Å². The molecule has 1 saturated heterocycles. The van der Waals surface area contributed by atoms with Crippen molar-refractivity contribution >= 4 is 0 Å². The van der Waals surface area contributed by atoms with Gasteiger partial charge in [-0.15, -0.1) is 0 Å². The monoisotopic (exact) mass is 284 g/mol. The predicted molar refractivity (Wildman–Crippen MR) is 75.1 cm³/mol. The lowest BCUT2D eigenvalue weighted by molar-refractivity contribution is -0.0499. The Kier molecular flexibility index (Phi) is 5.73. The first-order chi connectivity index (χ1) is 9.65. The number of nitrogens with one attached hydrogen (secondary N) is 2. The van der Waals surface area contributed by atoms with Gasteiger partial charge in [-0.2, -0.15) is 8.78 Å². The third kappa shape index (κ3) is 4.72. The molecule has 2 N–H and O–H groups in total. The zero-order valence-corrected chi connectivity index (χ0v) is 11.7. The van der Waals surface area contributed by atoms with Gasteiger partial charge in [-0.3, -0.25) is 0 Å². The molecular formula is C15H22F2N2O. The van der Waals surface area contributed by atoms with Crippen LogP contribution < -0.4 is 15.4 Å². The summed E-state index contributed by atoms with van der Waals surface area (Å²) in [5, 5.41) is 6.82. The molecule has 1 fully saturated rings. The van der Waals surface area contributed by atoms with Gasteiger partial charge in [0.1, 0.15) is 5.75 Å².